The van der Waals surface area contributed by atoms with Crippen LogP contribution in [0.5, 0.6) is 0 Å². The Morgan fingerprint density at radius 1 is 1.38 bits per heavy atom. The van der Waals surface area contributed by atoms with E-state index < -0.39 is 10.0 Å². The number of nitrogens with one attached hydrogen (secondary N) is 1. The monoisotopic (exact) mass is 352 g/mol. The zero-order valence-electron chi connectivity index (χ0n) is 13.1. The van der Waals surface area contributed by atoms with E-state index >= 15 is 0 Å². The lowest BCUT2D eigenvalue weighted by atomic mass is 9.91. The molecule has 21 heavy (non-hydrogen) atoms. The van der Waals surface area contributed by atoms with Crippen molar-refractivity contribution >= 4 is 33.5 Å². The molecule has 0 aromatic rings. The normalized spacial score (nSPS) is 30.2. The lowest BCUT2D eigenvalue weighted by Crippen LogP contribution is -2.46. The molecule has 2 fully saturated rings. The molecule has 0 saturated carbocycles. The Hall–Kier alpha value is 0.570. The predicted molar refractivity (Wildman–Crippen MR) is 94.8 cm³/mol. The van der Waals surface area contributed by atoms with Crippen molar-refractivity contribution in [3.05, 3.63) is 0 Å². The first-order valence-corrected chi connectivity index (χ1v) is 11.9. The zero-order chi connectivity index (χ0) is 15.3. The van der Waals surface area contributed by atoms with Gasteiger partial charge in [-0.2, -0.15) is 23.5 Å². The van der Waals surface area contributed by atoms with Crippen molar-refractivity contribution in [1.29, 1.82) is 0 Å². The highest BCUT2D eigenvalue weighted by atomic mass is 32.2. The van der Waals surface area contributed by atoms with Crippen molar-refractivity contribution in [2.75, 3.05) is 43.1 Å². The average Bonchev–Trinajstić information content (AvgIpc) is 2.47. The molecule has 2 aliphatic heterocycles. The molecule has 3 atom stereocenters. The van der Waals surface area contributed by atoms with Crippen LogP contribution in [0.25, 0.3) is 0 Å². The predicted octanol–water partition coefficient (Wildman–Crippen LogP) is 1.87. The van der Waals surface area contributed by atoms with Crippen LogP contribution < -0.4 is 5.32 Å². The molecule has 0 aliphatic carbocycles. The van der Waals surface area contributed by atoms with Crippen molar-refractivity contribution in [2.24, 2.45) is 5.92 Å². The number of thioether (sulfide) groups is 2. The van der Waals surface area contributed by atoms with Crippen LogP contribution in [-0.4, -0.2) is 67.2 Å². The molecule has 124 valence electrons. The van der Waals surface area contributed by atoms with Gasteiger partial charge in [-0.15, -0.1) is 0 Å². The number of hydrogen-bond acceptors (Lipinski definition) is 5. The molecule has 2 saturated heterocycles. The number of hydrogen-bond donors (Lipinski definition) is 1. The lowest BCUT2D eigenvalue weighted by molar-refractivity contribution is 0.238. The van der Waals surface area contributed by atoms with Crippen molar-refractivity contribution in [1.82, 2.24) is 9.62 Å². The first-order valence-electron chi connectivity index (χ1n) is 7.88. The summed E-state index contributed by atoms with van der Waals surface area (Å²) in [6.45, 7) is 4.58. The highest BCUT2D eigenvalue weighted by Gasteiger charge is 2.31. The molecule has 2 heterocycles. The van der Waals surface area contributed by atoms with Crippen molar-refractivity contribution in [3.8, 4) is 0 Å². The maximum absolute atomic E-state index is 11.7. The summed E-state index contributed by atoms with van der Waals surface area (Å²) < 4.78 is 25.2. The summed E-state index contributed by atoms with van der Waals surface area (Å²) in [7, 11) is -3.03. The Morgan fingerprint density at radius 2 is 2.19 bits per heavy atom. The standard InChI is InChI=1S/C14H28N2O2S3/c1-3-15-13(14-11-19-7-8-20-14)9-12-5-4-6-16(10-12)21(2,17)18/h12-15H,3-11H2,1-2H3. The van der Waals surface area contributed by atoms with Gasteiger partial charge in [-0.25, -0.2) is 12.7 Å². The molecule has 0 spiro atoms. The molecule has 2 rings (SSSR count). The summed E-state index contributed by atoms with van der Waals surface area (Å²) in [5.41, 5.74) is 0. The second kappa shape index (κ2) is 8.43. The molecule has 7 heteroatoms. The fourth-order valence-electron chi connectivity index (χ4n) is 3.25. The summed E-state index contributed by atoms with van der Waals surface area (Å²) in [6.07, 6.45) is 4.62. The zero-order valence-corrected chi connectivity index (χ0v) is 15.5. The van der Waals surface area contributed by atoms with E-state index in [4.69, 9.17) is 0 Å². The fourth-order valence-corrected chi connectivity index (χ4v) is 7.09. The van der Waals surface area contributed by atoms with Gasteiger partial charge in [-0.05, 0) is 31.7 Å². The summed E-state index contributed by atoms with van der Waals surface area (Å²) >= 11 is 4.15. The SMILES string of the molecule is CCNC(CC1CCCN(S(C)(=O)=O)C1)C1CSCCS1. The largest absolute Gasteiger partial charge is 0.313 e. The Balaban J connectivity index is 1.92. The van der Waals surface area contributed by atoms with Crippen molar-refractivity contribution in [3.63, 3.8) is 0 Å². The lowest BCUT2D eigenvalue weighted by Gasteiger charge is -2.36. The summed E-state index contributed by atoms with van der Waals surface area (Å²) in [4.78, 5) is 0. The maximum Gasteiger partial charge on any atom is 0.211 e. The Bertz CT molecular complexity index is 410. The number of rotatable bonds is 6. The summed E-state index contributed by atoms with van der Waals surface area (Å²) in [6, 6.07) is 0.525. The smallest absolute Gasteiger partial charge is 0.211 e. The van der Waals surface area contributed by atoms with Gasteiger partial charge < -0.3 is 5.32 Å². The first-order chi connectivity index (χ1) is 10.0. The topological polar surface area (TPSA) is 49.4 Å². The molecule has 0 amide bonds. The molecular weight excluding hydrogens is 324 g/mol. The van der Waals surface area contributed by atoms with Gasteiger partial charge in [0.25, 0.3) is 0 Å². The molecule has 1 N–H and O–H groups in total. The third-order valence-corrected chi connectivity index (χ3v) is 8.48. The van der Waals surface area contributed by atoms with Crippen LogP contribution in [0.2, 0.25) is 0 Å². The average molecular weight is 353 g/mol. The fraction of sp³-hybridized carbons (Fsp3) is 1.00. The van der Waals surface area contributed by atoms with Crippen molar-refractivity contribution in [2.45, 2.75) is 37.5 Å². The van der Waals surface area contributed by atoms with Gasteiger partial charge in [0.2, 0.25) is 10.0 Å². The molecule has 0 radical (unpaired) electrons. The van der Waals surface area contributed by atoms with Gasteiger partial charge in [0.15, 0.2) is 0 Å². The van der Waals surface area contributed by atoms with Crippen LogP contribution in [-0.2, 0) is 10.0 Å². The van der Waals surface area contributed by atoms with E-state index in [1.165, 1.54) is 29.9 Å². The Morgan fingerprint density at radius 3 is 2.81 bits per heavy atom. The minimum Gasteiger partial charge on any atom is -0.313 e. The molecular formula is C14H28N2O2S3. The second-order valence-corrected chi connectivity index (χ2v) is 10.5. The van der Waals surface area contributed by atoms with Crippen LogP contribution in [0.4, 0.5) is 0 Å². The minimum absolute atomic E-state index is 0.505. The Labute approximate surface area is 138 Å². The van der Waals surface area contributed by atoms with E-state index in [1.54, 1.807) is 4.31 Å². The van der Waals surface area contributed by atoms with Crippen LogP contribution >= 0.6 is 23.5 Å². The number of piperidine rings is 1. The third kappa shape index (κ3) is 5.61. The van der Waals surface area contributed by atoms with Gasteiger partial charge in [-0.1, -0.05) is 6.92 Å². The van der Waals surface area contributed by atoms with Crippen LogP contribution in [0.1, 0.15) is 26.2 Å². The van der Waals surface area contributed by atoms with Crippen molar-refractivity contribution < 1.29 is 8.42 Å². The molecule has 0 aromatic carbocycles. The minimum atomic E-state index is -3.03. The highest BCUT2D eigenvalue weighted by molar-refractivity contribution is 8.06. The molecule has 3 unspecified atom stereocenters. The third-order valence-electron chi connectivity index (χ3n) is 4.29. The second-order valence-electron chi connectivity index (χ2n) is 6.01. The van der Waals surface area contributed by atoms with E-state index in [9.17, 15) is 8.42 Å². The van der Waals surface area contributed by atoms with E-state index in [2.05, 4.69) is 35.8 Å². The molecule has 0 bridgehead atoms. The molecule has 2 aliphatic rings. The number of sulfonamides is 1. The van der Waals surface area contributed by atoms with E-state index in [0.29, 0.717) is 30.3 Å². The van der Waals surface area contributed by atoms with Gasteiger partial charge in [-0.3, -0.25) is 0 Å². The number of nitrogens with zero attached hydrogens (tertiary/aromatic N) is 1. The maximum atomic E-state index is 11.7. The van der Waals surface area contributed by atoms with Gasteiger partial charge in [0, 0.05) is 41.6 Å². The highest BCUT2D eigenvalue weighted by Crippen LogP contribution is 2.31. The van der Waals surface area contributed by atoms with Gasteiger partial charge in [0.1, 0.15) is 0 Å². The first kappa shape index (κ1) is 17.9. The summed E-state index contributed by atoms with van der Waals surface area (Å²) in [5.74, 6) is 4.25. The quantitative estimate of drug-likeness (QED) is 0.791. The molecule has 0 aromatic heterocycles. The van der Waals surface area contributed by atoms with Crippen LogP contribution in [0.3, 0.4) is 0 Å². The van der Waals surface area contributed by atoms with E-state index in [0.717, 1.165) is 19.4 Å². The van der Waals surface area contributed by atoms with E-state index in [-0.39, 0.29) is 0 Å². The van der Waals surface area contributed by atoms with Crippen LogP contribution in [0, 0.1) is 5.92 Å². The Kier molecular flexibility index (Phi) is 7.19. The van der Waals surface area contributed by atoms with Gasteiger partial charge >= 0.3 is 0 Å². The van der Waals surface area contributed by atoms with Crippen LogP contribution in [0.15, 0.2) is 0 Å². The molecule has 4 nitrogen and oxygen atoms in total. The van der Waals surface area contributed by atoms with E-state index in [1.807, 2.05) is 0 Å². The van der Waals surface area contributed by atoms with Gasteiger partial charge in [0.05, 0.1) is 6.26 Å². The summed E-state index contributed by atoms with van der Waals surface area (Å²) in [5, 5.41) is 4.33.